The number of anilines is 3. The van der Waals surface area contributed by atoms with E-state index in [9.17, 15) is 10.1 Å². The molecule has 1 aromatic carbocycles. The summed E-state index contributed by atoms with van der Waals surface area (Å²) >= 11 is 0. The topological polar surface area (TPSA) is 107 Å². The highest BCUT2D eigenvalue weighted by Gasteiger charge is 2.26. The van der Waals surface area contributed by atoms with Crippen molar-refractivity contribution in [1.82, 2.24) is 15.0 Å². The molecule has 0 atom stereocenters. The third-order valence-electron chi connectivity index (χ3n) is 5.30. The first kappa shape index (κ1) is 21.2. The molecule has 1 aliphatic heterocycles. The molecule has 8 nitrogen and oxygen atoms in total. The number of benzene rings is 1. The quantitative estimate of drug-likeness (QED) is 0.625. The van der Waals surface area contributed by atoms with Crippen molar-refractivity contribution < 1.29 is 4.79 Å². The van der Waals surface area contributed by atoms with Gasteiger partial charge in [-0.3, -0.25) is 15.3 Å². The lowest BCUT2D eigenvalue weighted by Gasteiger charge is -2.26. The molecule has 2 N–H and O–H groups in total. The van der Waals surface area contributed by atoms with Crippen molar-refractivity contribution >= 4 is 23.2 Å². The van der Waals surface area contributed by atoms with Crippen LogP contribution in [-0.4, -0.2) is 34.1 Å². The Morgan fingerprint density at radius 2 is 2.03 bits per heavy atom. The van der Waals surface area contributed by atoms with E-state index < -0.39 is 11.4 Å². The van der Waals surface area contributed by atoms with Crippen LogP contribution >= 0.6 is 0 Å². The Morgan fingerprint density at radius 1 is 1.19 bits per heavy atom. The van der Waals surface area contributed by atoms with Crippen LogP contribution in [-0.2, 0) is 6.42 Å². The SMILES string of the molecule is Cc1ccc(NC(=O)Nc2cncc(-c3ccc4c(c3)CCN4CC(C)(C)C#N)n2)cn1. The number of aromatic nitrogens is 3. The minimum Gasteiger partial charge on any atom is -0.369 e. The van der Waals surface area contributed by atoms with Gasteiger partial charge in [0.1, 0.15) is 0 Å². The second-order valence-corrected chi connectivity index (χ2v) is 8.57. The lowest BCUT2D eigenvalue weighted by Crippen LogP contribution is -2.32. The summed E-state index contributed by atoms with van der Waals surface area (Å²) in [6, 6.07) is 11.8. The maximum atomic E-state index is 12.3. The Labute approximate surface area is 187 Å². The van der Waals surface area contributed by atoms with Crippen molar-refractivity contribution in [2.75, 3.05) is 28.6 Å². The van der Waals surface area contributed by atoms with Gasteiger partial charge in [0.2, 0.25) is 0 Å². The summed E-state index contributed by atoms with van der Waals surface area (Å²) in [6.07, 6.45) is 5.71. The van der Waals surface area contributed by atoms with Crippen LogP contribution in [0.25, 0.3) is 11.3 Å². The van der Waals surface area contributed by atoms with Gasteiger partial charge in [0.15, 0.2) is 5.82 Å². The fourth-order valence-electron chi connectivity index (χ4n) is 3.69. The fourth-order valence-corrected chi connectivity index (χ4v) is 3.69. The lowest BCUT2D eigenvalue weighted by molar-refractivity contribution is 0.262. The van der Waals surface area contributed by atoms with E-state index in [1.807, 2.05) is 32.9 Å². The molecule has 0 saturated carbocycles. The van der Waals surface area contributed by atoms with E-state index in [0.717, 1.165) is 29.9 Å². The normalized spacial score (nSPS) is 12.8. The van der Waals surface area contributed by atoms with Crippen molar-refractivity contribution in [3.8, 4) is 17.3 Å². The average Bonchev–Trinajstić information content (AvgIpc) is 3.17. The van der Waals surface area contributed by atoms with Crippen LogP contribution in [0.4, 0.5) is 22.0 Å². The Hall–Kier alpha value is -3.99. The van der Waals surface area contributed by atoms with Crippen molar-refractivity contribution in [2.24, 2.45) is 5.41 Å². The monoisotopic (exact) mass is 427 g/mol. The molecule has 1 aliphatic rings. The van der Waals surface area contributed by atoms with Gasteiger partial charge >= 0.3 is 6.03 Å². The summed E-state index contributed by atoms with van der Waals surface area (Å²) in [5, 5.41) is 14.8. The van der Waals surface area contributed by atoms with Crippen LogP contribution in [0.5, 0.6) is 0 Å². The third kappa shape index (κ3) is 4.83. The number of carbonyl (C=O) groups excluding carboxylic acids is 1. The number of nitriles is 1. The number of hydrogen-bond donors (Lipinski definition) is 2. The zero-order valence-electron chi connectivity index (χ0n) is 18.4. The van der Waals surface area contributed by atoms with E-state index in [1.54, 1.807) is 18.5 Å². The molecule has 3 heterocycles. The van der Waals surface area contributed by atoms with Crippen molar-refractivity contribution in [3.05, 3.63) is 60.2 Å². The van der Waals surface area contributed by atoms with Gasteiger partial charge in [-0.2, -0.15) is 5.26 Å². The highest BCUT2D eigenvalue weighted by Crippen LogP contribution is 2.33. The van der Waals surface area contributed by atoms with Crippen LogP contribution in [0.1, 0.15) is 25.1 Å². The number of urea groups is 1. The number of rotatable bonds is 5. The van der Waals surface area contributed by atoms with Gasteiger partial charge in [0.05, 0.1) is 41.5 Å². The Morgan fingerprint density at radius 3 is 2.78 bits per heavy atom. The summed E-state index contributed by atoms with van der Waals surface area (Å²) in [4.78, 5) is 27.5. The molecule has 0 radical (unpaired) electrons. The summed E-state index contributed by atoms with van der Waals surface area (Å²) in [7, 11) is 0. The molecule has 4 rings (SSSR count). The smallest absolute Gasteiger partial charge is 0.324 e. The zero-order valence-corrected chi connectivity index (χ0v) is 18.4. The van der Waals surface area contributed by atoms with Gasteiger partial charge in [-0.15, -0.1) is 0 Å². The molecule has 3 aromatic rings. The number of carbonyl (C=O) groups is 1. The van der Waals surface area contributed by atoms with Gasteiger partial charge in [0, 0.05) is 30.0 Å². The summed E-state index contributed by atoms with van der Waals surface area (Å²) in [6.45, 7) is 7.39. The molecular formula is C24H25N7O. The first-order chi connectivity index (χ1) is 15.3. The highest BCUT2D eigenvalue weighted by atomic mass is 16.2. The van der Waals surface area contributed by atoms with Gasteiger partial charge in [-0.1, -0.05) is 6.07 Å². The van der Waals surface area contributed by atoms with Crippen LogP contribution < -0.4 is 15.5 Å². The highest BCUT2D eigenvalue weighted by molar-refractivity contribution is 5.99. The predicted octanol–water partition coefficient (Wildman–Crippen LogP) is 4.40. The number of hydrogen-bond acceptors (Lipinski definition) is 6. The van der Waals surface area contributed by atoms with E-state index in [-0.39, 0.29) is 0 Å². The predicted molar refractivity (Wildman–Crippen MR) is 124 cm³/mol. The Kier molecular flexibility index (Phi) is 5.73. The van der Waals surface area contributed by atoms with Crippen molar-refractivity contribution in [3.63, 3.8) is 0 Å². The standard InChI is InChI=1S/C24H25N7O/c1-16-4-6-19(11-27-16)28-23(32)30-22-13-26-12-20(29-22)17-5-7-21-18(10-17)8-9-31(21)15-24(2,3)14-25/h4-7,10-13H,8-9,15H2,1-3H3,(H2,28,29,30,32). The minimum absolute atomic E-state index is 0.359. The molecule has 0 fully saturated rings. The Bertz CT molecular complexity index is 1180. The van der Waals surface area contributed by atoms with E-state index >= 15 is 0 Å². The molecule has 162 valence electrons. The van der Waals surface area contributed by atoms with E-state index in [2.05, 4.69) is 48.7 Å². The molecule has 2 amide bonds. The minimum atomic E-state index is -0.410. The summed E-state index contributed by atoms with van der Waals surface area (Å²) in [5.74, 6) is 0.359. The van der Waals surface area contributed by atoms with Crippen molar-refractivity contribution in [1.29, 1.82) is 5.26 Å². The Balaban J connectivity index is 1.47. The molecule has 0 unspecified atom stereocenters. The number of fused-ring (bicyclic) bond motifs is 1. The average molecular weight is 428 g/mol. The number of aryl methyl sites for hydroxylation is 1. The third-order valence-corrected chi connectivity index (χ3v) is 5.30. The van der Waals surface area contributed by atoms with Crippen molar-refractivity contribution in [2.45, 2.75) is 27.2 Å². The molecular weight excluding hydrogens is 402 g/mol. The van der Waals surface area contributed by atoms with Gasteiger partial charge in [0.25, 0.3) is 0 Å². The molecule has 0 bridgehead atoms. The van der Waals surface area contributed by atoms with E-state index in [1.165, 1.54) is 11.8 Å². The van der Waals surface area contributed by atoms with Crippen LogP contribution in [0.2, 0.25) is 0 Å². The first-order valence-corrected chi connectivity index (χ1v) is 10.5. The van der Waals surface area contributed by atoms with Crippen LogP contribution in [0, 0.1) is 23.7 Å². The van der Waals surface area contributed by atoms with Crippen LogP contribution in [0.15, 0.2) is 48.9 Å². The fraction of sp³-hybridized carbons (Fsp3) is 0.292. The van der Waals surface area contributed by atoms with Gasteiger partial charge in [-0.05, 0) is 57.0 Å². The van der Waals surface area contributed by atoms with Gasteiger partial charge < -0.3 is 10.2 Å². The molecule has 0 saturated heterocycles. The van der Waals surface area contributed by atoms with E-state index in [0.29, 0.717) is 23.7 Å². The zero-order chi connectivity index (χ0) is 22.7. The number of nitrogens with one attached hydrogen (secondary N) is 2. The van der Waals surface area contributed by atoms with Crippen LogP contribution in [0.3, 0.4) is 0 Å². The molecule has 32 heavy (non-hydrogen) atoms. The number of nitrogens with zero attached hydrogens (tertiary/aromatic N) is 5. The molecule has 2 aromatic heterocycles. The maximum Gasteiger partial charge on any atom is 0.324 e. The van der Waals surface area contributed by atoms with E-state index in [4.69, 9.17) is 0 Å². The first-order valence-electron chi connectivity index (χ1n) is 10.5. The second-order valence-electron chi connectivity index (χ2n) is 8.57. The molecule has 0 aliphatic carbocycles. The number of pyridine rings is 1. The summed E-state index contributed by atoms with van der Waals surface area (Å²) in [5.41, 5.74) is 5.07. The molecule has 8 heteroatoms. The second kappa shape index (κ2) is 8.63. The lowest BCUT2D eigenvalue weighted by atomic mass is 9.95. The number of amides is 2. The summed E-state index contributed by atoms with van der Waals surface area (Å²) < 4.78 is 0. The maximum absolute atomic E-state index is 12.3. The molecule has 0 spiro atoms. The van der Waals surface area contributed by atoms with Gasteiger partial charge in [-0.25, -0.2) is 9.78 Å². The largest absolute Gasteiger partial charge is 0.369 e.